The predicted molar refractivity (Wildman–Crippen MR) is 140 cm³/mol. The Balaban J connectivity index is 1.68. The number of aliphatic hydroxyl groups excluding tert-OH is 1. The zero-order valence-corrected chi connectivity index (χ0v) is 21.9. The van der Waals surface area contributed by atoms with Crippen LogP contribution in [-0.4, -0.2) is 47.7 Å². The maximum absolute atomic E-state index is 13.3. The third kappa shape index (κ3) is 5.65. The van der Waals surface area contributed by atoms with Crippen molar-refractivity contribution < 1.29 is 24.2 Å². The molecule has 2 aromatic carbocycles. The Kier molecular flexibility index (Phi) is 7.03. The highest BCUT2D eigenvalue weighted by atomic mass is 16.6. The summed E-state index contributed by atoms with van der Waals surface area (Å²) in [4.78, 5) is 27.1. The number of ether oxygens (including phenoxy) is 2. The number of anilines is 2. The van der Waals surface area contributed by atoms with Gasteiger partial charge in [0.15, 0.2) is 0 Å². The molecule has 3 atom stereocenters. The molecular formula is C28H37N3O5. The number of rotatable bonds is 3. The molecule has 8 heteroatoms. The van der Waals surface area contributed by atoms with Gasteiger partial charge >= 0.3 is 12.2 Å². The first-order chi connectivity index (χ1) is 16.9. The van der Waals surface area contributed by atoms with Gasteiger partial charge in [-0.3, -0.25) is 10.2 Å². The van der Waals surface area contributed by atoms with Gasteiger partial charge < -0.3 is 19.9 Å². The quantitative estimate of drug-likeness (QED) is 0.522. The van der Waals surface area contributed by atoms with Crippen LogP contribution in [0.3, 0.4) is 0 Å². The molecular weight excluding hydrogens is 458 g/mol. The van der Waals surface area contributed by atoms with E-state index in [0.29, 0.717) is 5.69 Å². The Hall–Kier alpha value is -3.10. The number of carbonyl (C=O) groups excluding carboxylic acids is 2. The van der Waals surface area contributed by atoms with E-state index in [0.717, 1.165) is 35.3 Å². The number of carbonyl (C=O) groups is 2. The lowest BCUT2D eigenvalue weighted by atomic mass is 9.81. The van der Waals surface area contributed by atoms with Crippen molar-refractivity contribution in [1.82, 2.24) is 5.32 Å². The summed E-state index contributed by atoms with van der Waals surface area (Å²) in [5.41, 5.74) is 3.02. The first kappa shape index (κ1) is 26.0. The summed E-state index contributed by atoms with van der Waals surface area (Å²) >= 11 is 0. The van der Waals surface area contributed by atoms with Crippen LogP contribution in [0.25, 0.3) is 11.1 Å². The second-order valence-electron chi connectivity index (χ2n) is 11.5. The van der Waals surface area contributed by atoms with Crippen molar-refractivity contribution in [1.29, 1.82) is 0 Å². The molecule has 3 N–H and O–H groups in total. The van der Waals surface area contributed by atoms with Crippen molar-refractivity contribution >= 4 is 23.6 Å². The first-order valence-electron chi connectivity index (χ1n) is 12.5. The van der Waals surface area contributed by atoms with Gasteiger partial charge in [0.1, 0.15) is 11.2 Å². The fourth-order valence-corrected chi connectivity index (χ4v) is 5.01. The Morgan fingerprint density at radius 3 is 2.39 bits per heavy atom. The zero-order valence-electron chi connectivity index (χ0n) is 21.9. The molecule has 0 saturated carbocycles. The first-order valence-corrected chi connectivity index (χ1v) is 12.5. The van der Waals surface area contributed by atoms with Crippen molar-refractivity contribution in [2.24, 2.45) is 5.92 Å². The standard InChI is InChI=1S/C28H37N3O5/c1-27(2,3)35-25(33)30-19-9-7-8-17(14-19)18-10-11-22-21(15-18)24-20(12-13-29-24)23(16-32)31(22)26(34)36-28(4,5)6/h7-11,14-15,20,23-24,29,32H,12-13,16H2,1-6H3,(H,30,33)/t20-,23-,24-/m1/s1. The van der Waals surface area contributed by atoms with Crippen LogP contribution < -0.4 is 15.5 Å². The summed E-state index contributed by atoms with van der Waals surface area (Å²) in [7, 11) is 0. The van der Waals surface area contributed by atoms with Gasteiger partial charge in [-0.2, -0.15) is 0 Å². The average molecular weight is 496 g/mol. The SMILES string of the molecule is CC(C)(C)OC(=O)Nc1cccc(-c2ccc3c(c2)[C@@H]2NCC[C@@H]2[C@@H](CO)N3C(=O)OC(C)(C)C)c1. The molecule has 8 nitrogen and oxygen atoms in total. The van der Waals surface area contributed by atoms with Crippen molar-refractivity contribution in [2.45, 2.75) is 71.2 Å². The van der Waals surface area contributed by atoms with Crippen LogP contribution in [0.1, 0.15) is 59.6 Å². The molecule has 1 saturated heterocycles. The molecule has 0 spiro atoms. The van der Waals surface area contributed by atoms with Gasteiger partial charge in [-0.15, -0.1) is 0 Å². The van der Waals surface area contributed by atoms with Gasteiger partial charge in [-0.25, -0.2) is 9.59 Å². The summed E-state index contributed by atoms with van der Waals surface area (Å²) in [6.45, 7) is 11.7. The van der Waals surface area contributed by atoms with Gasteiger partial charge in [-0.1, -0.05) is 18.2 Å². The number of benzene rings is 2. The third-order valence-electron chi connectivity index (χ3n) is 6.34. The number of fused-ring (bicyclic) bond motifs is 3. The second kappa shape index (κ2) is 9.75. The van der Waals surface area contributed by atoms with Crippen LogP contribution in [0.4, 0.5) is 21.0 Å². The molecule has 2 aromatic rings. The lowest BCUT2D eigenvalue weighted by molar-refractivity contribution is 0.0519. The van der Waals surface area contributed by atoms with E-state index in [-0.39, 0.29) is 24.6 Å². The third-order valence-corrected chi connectivity index (χ3v) is 6.34. The van der Waals surface area contributed by atoms with Gasteiger partial charge in [0.25, 0.3) is 0 Å². The van der Waals surface area contributed by atoms with Gasteiger partial charge in [-0.05, 0) is 95.5 Å². The largest absolute Gasteiger partial charge is 0.444 e. The van der Waals surface area contributed by atoms with E-state index in [1.807, 2.05) is 77.9 Å². The topological polar surface area (TPSA) is 100 Å². The monoisotopic (exact) mass is 495 g/mol. The smallest absolute Gasteiger partial charge is 0.415 e. The summed E-state index contributed by atoms with van der Waals surface area (Å²) in [5.74, 6) is 0.0745. The van der Waals surface area contributed by atoms with Crippen LogP contribution in [0, 0.1) is 5.92 Å². The Bertz CT molecular complexity index is 1130. The maximum Gasteiger partial charge on any atom is 0.415 e. The van der Waals surface area contributed by atoms with E-state index < -0.39 is 23.4 Å². The molecule has 2 aliphatic heterocycles. The molecule has 0 radical (unpaired) electrons. The Labute approximate surface area is 213 Å². The van der Waals surface area contributed by atoms with Gasteiger partial charge in [0, 0.05) is 17.6 Å². The second-order valence-corrected chi connectivity index (χ2v) is 11.5. The summed E-state index contributed by atoms with van der Waals surface area (Å²) in [6.07, 6.45) is -0.107. The molecule has 0 aliphatic carbocycles. The molecule has 194 valence electrons. The average Bonchev–Trinajstić information content (AvgIpc) is 3.25. The number of hydrogen-bond donors (Lipinski definition) is 3. The summed E-state index contributed by atoms with van der Waals surface area (Å²) in [5, 5.41) is 16.6. The molecule has 0 unspecified atom stereocenters. The molecule has 2 heterocycles. The molecule has 4 rings (SSSR count). The van der Waals surface area contributed by atoms with Crippen molar-refractivity contribution in [3.05, 3.63) is 48.0 Å². The van der Waals surface area contributed by atoms with E-state index in [2.05, 4.69) is 16.7 Å². The fourth-order valence-electron chi connectivity index (χ4n) is 5.01. The normalized spacial score (nSPS) is 21.4. The lowest BCUT2D eigenvalue weighted by Gasteiger charge is -2.43. The summed E-state index contributed by atoms with van der Waals surface area (Å²) in [6, 6.07) is 13.2. The minimum Gasteiger partial charge on any atom is -0.444 e. The van der Waals surface area contributed by atoms with Gasteiger partial charge in [0.2, 0.25) is 0 Å². The van der Waals surface area contributed by atoms with E-state index in [1.54, 1.807) is 4.90 Å². The number of aliphatic hydroxyl groups is 1. The van der Waals surface area contributed by atoms with E-state index in [4.69, 9.17) is 9.47 Å². The minimum atomic E-state index is -0.649. The fraction of sp³-hybridized carbons (Fsp3) is 0.500. The van der Waals surface area contributed by atoms with Crippen LogP contribution in [0.2, 0.25) is 0 Å². The molecule has 1 fully saturated rings. The Morgan fingerprint density at radius 1 is 1.03 bits per heavy atom. The maximum atomic E-state index is 13.3. The van der Waals surface area contributed by atoms with E-state index in [1.165, 1.54) is 0 Å². The van der Waals surface area contributed by atoms with Gasteiger partial charge in [0.05, 0.1) is 18.3 Å². The number of nitrogens with zero attached hydrogens (tertiary/aromatic N) is 1. The van der Waals surface area contributed by atoms with E-state index >= 15 is 0 Å². The highest BCUT2D eigenvalue weighted by molar-refractivity contribution is 5.92. The van der Waals surface area contributed by atoms with Crippen molar-refractivity contribution in [2.75, 3.05) is 23.4 Å². The van der Waals surface area contributed by atoms with Crippen LogP contribution >= 0.6 is 0 Å². The zero-order chi connectivity index (χ0) is 26.3. The number of amides is 2. The number of hydrogen-bond acceptors (Lipinski definition) is 6. The molecule has 2 amide bonds. The molecule has 0 aromatic heterocycles. The van der Waals surface area contributed by atoms with Crippen molar-refractivity contribution in [3.63, 3.8) is 0 Å². The summed E-state index contributed by atoms with van der Waals surface area (Å²) < 4.78 is 11.1. The van der Waals surface area contributed by atoms with Crippen LogP contribution in [0.5, 0.6) is 0 Å². The minimum absolute atomic E-state index is 0.0267. The predicted octanol–water partition coefficient (Wildman–Crippen LogP) is 5.47. The Morgan fingerprint density at radius 2 is 1.72 bits per heavy atom. The number of nitrogens with one attached hydrogen (secondary N) is 2. The van der Waals surface area contributed by atoms with Crippen molar-refractivity contribution in [3.8, 4) is 11.1 Å². The van der Waals surface area contributed by atoms with Crippen LogP contribution in [0.15, 0.2) is 42.5 Å². The van der Waals surface area contributed by atoms with E-state index in [9.17, 15) is 14.7 Å². The molecule has 2 aliphatic rings. The molecule has 36 heavy (non-hydrogen) atoms. The van der Waals surface area contributed by atoms with Crippen LogP contribution in [-0.2, 0) is 9.47 Å². The lowest BCUT2D eigenvalue weighted by Crippen LogP contribution is -2.53. The molecule has 0 bridgehead atoms. The highest BCUT2D eigenvalue weighted by Crippen LogP contribution is 2.46. The highest BCUT2D eigenvalue weighted by Gasteiger charge is 2.46.